The molecule has 3 aromatic rings. The monoisotopic (exact) mass is 418 g/mol. The average Bonchev–Trinajstić information content (AvgIpc) is 2.84. The third-order valence-electron chi connectivity index (χ3n) is 3.85. The second-order valence-corrected chi connectivity index (χ2v) is 7.14. The summed E-state index contributed by atoms with van der Waals surface area (Å²) >= 11 is 7.07. The van der Waals surface area contributed by atoms with E-state index in [1.807, 2.05) is 49.4 Å². The number of hydrogen-bond donors (Lipinski definition) is 0. The van der Waals surface area contributed by atoms with E-state index in [1.165, 1.54) is 0 Å². The molecule has 0 N–H and O–H groups in total. The minimum absolute atomic E-state index is 0.771. The molecule has 0 bridgehead atoms. The summed E-state index contributed by atoms with van der Waals surface area (Å²) in [5.41, 5.74) is 0.998. The predicted octanol–water partition coefficient (Wildman–Crippen LogP) is 6.01. The minimum atomic E-state index is -0.782. The molecule has 0 amide bonds. The van der Waals surface area contributed by atoms with Crippen LogP contribution < -0.4 is 9.47 Å². The van der Waals surface area contributed by atoms with Gasteiger partial charge in [0.2, 0.25) is 0 Å². The van der Waals surface area contributed by atoms with Gasteiger partial charge in [-0.2, -0.15) is 0 Å². The summed E-state index contributed by atoms with van der Waals surface area (Å²) in [5.74, 6) is 0.760. The second kappa shape index (κ2) is 5.00. The van der Waals surface area contributed by atoms with E-state index in [0.717, 1.165) is 36.8 Å². The third-order valence-corrected chi connectivity index (χ3v) is 5.69. The van der Waals surface area contributed by atoms with E-state index in [9.17, 15) is 0 Å². The molecule has 2 nitrogen and oxygen atoms in total. The van der Waals surface area contributed by atoms with Crippen molar-refractivity contribution in [2.24, 2.45) is 0 Å². The molecule has 0 fully saturated rings. The van der Waals surface area contributed by atoms with Crippen LogP contribution in [0.15, 0.2) is 63.5 Å². The van der Waals surface area contributed by atoms with Crippen molar-refractivity contribution in [1.29, 1.82) is 0 Å². The largest absolute Gasteiger partial charge is 0.445 e. The first-order valence-corrected chi connectivity index (χ1v) is 8.50. The van der Waals surface area contributed by atoms with Gasteiger partial charge in [-0.25, -0.2) is 0 Å². The van der Waals surface area contributed by atoms with Crippen molar-refractivity contribution >= 4 is 42.6 Å². The van der Waals surface area contributed by atoms with Gasteiger partial charge >= 0.3 is 0 Å². The van der Waals surface area contributed by atoms with Gasteiger partial charge in [0.05, 0.1) is 0 Å². The molecule has 110 valence electrons. The highest BCUT2D eigenvalue weighted by Gasteiger charge is 2.38. The first kappa shape index (κ1) is 14.1. The Balaban J connectivity index is 1.82. The summed E-state index contributed by atoms with van der Waals surface area (Å²) in [7, 11) is 0. The van der Waals surface area contributed by atoms with Crippen molar-refractivity contribution in [2.45, 2.75) is 12.7 Å². The molecule has 4 heteroatoms. The number of halogens is 2. The average molecular weight is 420 g/mol. The van der Waals surface area contributed by atoms with Gasteiger partial charge < -0.3 is 9.47 Å². The van der Waals surface area contributed by atoms with Gasteiger partial charge in [-0.3, -0.25) is 0 Å². The normalized spacial score (nSPS) is 15.2. The molecule has 4 rings (SSSR count). The Bertz CT molecular complexity index is 825. The van der Waals surface area contributed by atoms with Crippen molar-refractivity contribution in [1.82, 2.24) is 0 Å². The molecule has 0 unspecified atom stereocenters. The van der Waals surface area contributed by atoms with Crippen molar-refractivity contribution in [3.8, 4) is 11.5 Å². The van der Waals surface area contributed by atoms with E-state index in [1.54, 1.807) is 0 Å². The smallest absolute Gasteiger partial charge is 0.275 e. The van der Waals surface area contributed by atoms with Gasteiger partial charge in [0.1, 0.15) is 0 Å². The molecule has 0 atom stereocenters. The maximum Gasteiger partial charge on any atom is 0.275 e. The van der Waals surface area contributed by atoms with E-state index in [4.69, 9.17) is 9.47 Å². The van der Waals surface area contributed by atoms with Crippen LogP contribution in [0.5, 0.6) is 11.5 Å². The lowest BCUT2D eigenvalue weighted by Gasteiger charge is -2.23. The highest BCUT2D eigenvalue weighted by atomic mass is 79.9. The van der Waals surface area contributed by atoms with Gasteiger partial charge in [-0.1, -0.05) is 30.3 Å². The van der Waals surface area contributed by atoms with Gasteiger partial charge in [0, 0.05) is 21.4 Å². The fraction of sp³-hybridized carbons (Fsp3) is 0.111. The fourth-order valence-electron chi connectivity index (χ4n) is 2.71. The molecule has 3 aromatic carbocycles. The minimum Gasteiger partial charge on any atom is -0.445 e. The Morgan fingerprint density at radius 3 is 1.77 bits per heavy atom. The lowest BCUT2D eigenvalue weighted by Crippen LogP contribution is -2.31. The lowest BCUT2D eigenvalue weighted by atomic mass is 10.1. The quantitative estimate of drug-likeness (QED) is 0.480. The van der Waals surface area contributed by atoms with E-state index in [2.05, 4.69) is 44.0 Å². The van der Waals surface area contributed by atoms with E-state index >= 15 is 0 Å². The summed E-state index contributed by atoms with van der Waals surface area (Å²) in [6.07, 6.45) is 0. The molecule has 1 aliphatic heterocycles. The third kappa shape index (κ3) is 2.22. The van der Waals surface area contributed by atoms with E-state index in [0.29, 0.717) is 0 Å². The van der Waals surface area contributed by atoms with Gasteiger partial charge in [-0.15, -0.1) is 0 Å². The lowest BCUT2D eigenvalue weighted by molar-refractivity contribution is -0.0679. The van der Waals surface area contributed by atoms with Crippen LogP contribution in [0.3, 0.4) is 0 Å². The highest BCUT2D eigenvalue weighted by molar-refractivity contribution is 9.13. The Morgan fingerprint density at radius 2 is 1.27 bits per heavy atom. The van der Waals surface area contributed by atoms with E-state index < -0.39 is 5.79 Å². The molecule has 1 heterocycles. The fourth-order valence-corrected chi connectivity index (χ4v) is 3.43. The standard InChI is InChI=1S/C18H12Br2O2/c1-18(13-5-3-2-4-6-13)21-16-9-11-7-14(19)15(20)8-12(11)10-17(16)22-18/h2-10H,1H3. The molecule has 0 aromatic heterocycles. The maximum atomic E-state index is 6.11. The van der Waals surface area contributed by atoms with Crippen LogP contribution in [-0.4, -0.2) is 0 Å². The van der Waals surface area contributed by atoms with Crippen LogP contribution in [0.25, 0.3) is 10.8 Å². The van der Waals surface area contributed by atoms with Gasteiger partial charge in [0.25, 0.3) is 5.79 Å². The van der Waals surface area contributed by atoms with Crippen LogP contribution in [0.1, 0.15) is 12.5 Å². The number of benzene rings is 3. The Morgan fingerprint density at radius 1 is 0.773 bits per heavy atom. The Kier molecular flexibility index (Phi) is 3.20. The molecule has 0 saturated carbocycles. The zero-order valence-electron chi connectivity index (χ0n) is 11.8. The first-order chi connectivity index (χ1) is 10.5. The molecule has 0 aliphatic carbocycles. The van der Waals surface area contributed by atoms with Crippen molar-refractivity contribution in [3.05, 3.63) is 69.1 Å². The second-order valence-electron chi connectivity index (χ2n) is 5.43. The van der Waals surface area contributed by atoms with Crippen LogP contribution in [0.2, 0.25) is 0 Å². The Hall–Kier alpha value is -1.52. The molecule has 22 heavy (non-hydrogen) atoms. The highest BCUT2D eigenvalue weighted by Crippen LogP contribution is 2.46. The van der Waals surface area contributed by atoms with Crippen molar-refractivity contribution < 1.29 is 9.47 Å². The number of fused-ring (bicyclic) bond motifs is 2. The number of ether oxygens (including phenoxy) is 2. The zero-order valence-corrected chi connectivity index (χ0v) is 14.9. The molecule has 0 saturated heterocycles. The topological polar surface area (TPSA) is 18.5 Å². The van der Waals surface area contributed by atoms with Crippen LogP contribution in [0.4, 0.5) is 0 Å². The van der Waals surface area contributed by atoms with Crippen molar-refractivity contribution in [3.63, 3.8) is 0 Å². The molecule has 0 radical (unpaired) electrons. The first-order valence-electron chi connectivity index (χ1n) is 6.91. The van der Waals surface area contributed by atoms with Crippen LogP contribution in [0, 0.1) is 0 Å². The molecule has 1 aliphatic rings. The molecular weight excluding hydrogens is 408 g/mol. The van der Waals surface area contributed by atoms with Crippen LogP contribution in [-0.2, 0) is 5.79 Å². The summed E-state index contributed by atoms with van der Waals surface area (Å²) in [6, 6.07) is 18.2. The Labute approximate surface area is 145 Å². The molecular formula is C18H12Br2O2. The summed E-state index contributed by atoms with van der Waals surface area (Å²) in [5, 5.41) is 2.21. The number of hydrogen-bond acceptors (Lipinski definition) is 2. The van der Waals surface area contributed by atoms with Gasteiger partial charge in [-0.05, 0) is 66.9 Å². The van der Waals surface area contributed by atoms with Gasteiger partial charge in [0.15, 0.2) is 11.5 Å². The summed E-state index contributed by atoms with van der Waals surface area (Å²) in [4.78, 5) is 0. The van der Waals surface area contributed by atoms with Crippen molar-refractivity contribution in [2.75, 3.05) is 0 Å². The number of rotatable bonds is 1. The summed E-state index contributed by atoms with van der Waals surface area (Å²) < 4.78 is 14.3. The SMILES string of the molecule is CC1(c2ccccc2)Oc2cc3cc(Br)c(Br)cc3cc2O1. The predicted molar refractivity (Wildman–Crippen MR) is 94.4 cm³/mol. The van der Waals surface area contributed by atoms with E-state index in [-0.39, 0.29) is 0 Å². The maximum absolute atomic E-state index is 6.11. The molecule has 0 spiro atoms. The van der Waals surface area contributed by atoms with Crippen LogP contribution >= 0.6 is 31.9 Å². The summed E-state index contributed by atoms with van der Waals surface area (Å²) in [6.45, 7) is 1.94. The zero-order chi connectivity index (χ0) is 15.3.